The highest BCUT2D eigenvalue weighted by Crippen LogP contribution is 2.36. The van der Waals surface area contributed by atoms with Crippen LogP contribution in [-0.4, -0.2) is 72.3 Å². The topological polar surface area (TPSA) is 38.8 Å². The lowest BCUT2D eigenvalue weighted by molar-refractivity contribution is -0.170. The first-order chi connectivity index (χ1) is 9.90. The second-order valence-electron chi connectivity index (χ2n) is 6.18. The summed E-state index contributed by atoms with van der Waals surface area (Å²) < 4.78 is 38.2. The van der Waals surface area contributed by atoms with Crippen LogP contribution in [0.25, 0.3) is 0 Å². The fourth-order valence-electron chi connectivity index (χ4n) is 3.76. The molecule has 2 bridgehead atoms. The van der Waals surface area contributed by atoms with Crippen molar-refractivity contribution in [1.29, 1.82) is 0 Å². The van der Waals surface area contributed by atoms with Gasteiger partial charge in [-0.25, -0.2) is 9.80 Å². The summed E-state index contributed by atoms with van der Waals surface area (Å²) in [6.07, 6.45) is -2.30. The van der Waals surface area contributed by atoms with Crippen LogP contribution in [0.2, 0.25) is 0 Å². The van der Waals surface area contributed by atoms with E-state index in [2.05, 4.69) is 10.4 Å². The number of carbonyl (C=O) groups is 1. The minimum atomic E-state index is -4.20. The van der Waals surface area contributed by atoms with E-state index in [0.29, 0.717) is 0 Å². The Balaban J connectivity index is 1.65. The highest BCUT2D eigenvalue weighted by atomic mass is 19.4. The molecule has 3 atom stereocenters. The van der Waals surface area contributed by atoms with Crippen LogP contribution in [0.1, 0.15) is 19.3 Å². The van der Waals surface area contributed by atoms with E-state index < -0.39 is 12.1 Å². The van der Waals surface area contributed by atoms with Crippen molar-refractivity contribution < 1.29 is 18.0 Å². The van der Waals surface area contributed by atoms with Gasteiger partial charge in [-0.2, -0.15) is 13.2 Å². The van der Waals surface area contributed by atoms with E-state index in [-0.39, 0.29) is 37.6 Å². The van der Waals surface area contributed by atoms with Crippen LogP contribution in [0.3, 0.4) is 0 Å². The molecule has 0 aromatic carbocycles. The summed E-state index contributed by atoms with van der Waals surface area (Å²) >= 11 is 0. The number of hydrogen-bond acceptors (Lipinski definition) is 3. The maximum Gasteiger partial charge on any atom is 0.393 e. The molecule has 21 heavy (non-hydrogen) atoms. The lowest BCUT2D eigenvalue weighted by Crippen LogP contribution is -2.60. The van der Waals surface area contributed by atoms with Crippen LogP contribution in [0.15, 0.2) is 0 Å². The van der Waals surface area contributed by atoms with Crippen molar-refractivity contribution in [1.82, 2.24) is 20.2 Å². The van der Waals surface area contributed by atoms with Gasteiger partial charge >= 0.3 is 12.2 Å². The normalized spacial score (nSPS) is 33.8. The standard InChI is InChI=1S/C13H21F3N4O/c1-17-19-7-10-2-3-11(8-19)20(10)12(21)18-5-4-9(6-18)13(14,15)16/h9-11,17H,2-8H2,1H3. The molecule has 3 saturated heterocycles. The van der Waals surface area contributed by atoms with Crippen molar-refractivity contribution in [2.75, 3.05) is 33.2 Å². The molecule has 0 aliphatic carbocycles. The summed E-state index contributed by atoms with van der Waals surface area (Å²) in [5, 5.41) is 2.08. The Labute approximate surface area is 122 Å². The first kappa shape index (κ1) is 14.9. The molecule has 3 aliphatic heterocycles. The predicted octanol–water partition coefficient (Wildman–Crippen LogP) is 1.27. The molecule has 3 heterocycles. The Bertz CT molecular complexity index is 403. The van der Waals surface area contributed by atoms with Gasteiger partial charge in [0.1, 0.15) is 0 Å². The summed E-state index contributed by atoms with van der Waals surface area (Å²) in [6, 6.07) is 0.0345. The number of hydrazine groups is 1. The van der Waals surface area contributed by atoms with E-state index in [9.17, 15) is 18.0 Å². The molecule has 3 fully saturated rings. The van der Waals surface area contributed by atoms with Crippen LogP contribution >= 0.6 is 0 Å². The van der Waals surface area contributed by atoms with Gasteiger partial charge in [-0.1, -0.05) is 0 Å². The van der Waals surface area contributed by atoms with E-state index in [4.69, 9.17) is 0 Å². The molecular formula is C13H21F3N4O. The average molecular weight is 306 g/mol. The molecule has 0 aromatic heterocycles. The third kappa shape index (κ3) is 2.70. The number of fused-ring (bicyclic) bond motifs is 2. The number of urea groups is 1. The second kappa shape index (κ2) is 5.31. The average Bonchev–Trinajstić information content (AvgIpc) is 3.01. The van der Waals surface area contributed by atoms with E-state index in [1.54, 1.807) is 0 Å². The Morgan fingerprint density at radius 3 is 2.19 bits per heavy atom. The van der Waals surface area contributed by atoms with Gasteiger partial charge in [0.25, 0.3) is 0 Å². The largest absolute Gasteiger partial charge is 0.393 e. The van der Waals surface area contributed by atoms with Gasteiger partial charge in [-0.3, -0.25) is 5.43 Å². The molecule has 2 amide bonds. The van der Waals surface area contributed by atoms with Crippen LogP contribution in [0.5, 0.6) is 0 Å². The molecule has 0 spiro atoms. The monoisotopic (exact) mass is 306 g/mol. The Morgan fingerprint density at radius 1 is 1.10 bits per heavy atom. The highest BCUT2D eigenvalue weighted by Gasteiger charge is 2.48. The maximum atomic E-state index is 12.7. The van der Waals surface area contributed by atoms with Crippen molar-refractivity contribution in [2.24, 2.45) is 5.92 Å². The van der Waals surface area contributed by atoms with Gasteiger partial charge in [-0.15, -0.1) is 0 Å². The SMILES string of the molecule is CNN1CC2CCC(C1)N2C(=O)N1CCC(C(F)(F)F)C1. The third-order valence-electron chi connectivity index (χ3n) is 4.94. The second-order valence-corrected chi connectivity index (χ2v) is 6.18. The number of rotatable bonds is 1. The molecule has 5 nitrogen and oxygen atoms in total. The van der Waals surface area contributed by atoms with Gasteiger partial charge in [-0.05, 0) is 26.3 Å². The lowest BCUT2D eigenvalue weighted by atomic mass is 10.1. The summed E-state index contributed by atoms with van der Waals surface area (Å²) in [7, 11) is 1.85. The smallest absolute Gasteiger partial charge is 0.324 e. The third-order valence-corrected chi connectivity index (χ3v) is 4.94. The van der Waals surface area contributed by atoms with Crippen LogP contribution < -0.4 is 5.43 Å². The number of alkyl halides is 3. The van der Waals surface area contributed by atoms with Crippen molar-refractivity contribution in [3.63, 3.8) is 0 Å². The number of likely N-dealkylation sites (tertiary alicyclic amines) is 1. The van der Waals surface area contributed by atoms with Crippen LogP contribution in [0, 0.1) is 5.92 Å². The van der Waals surface area contributed by atoms with Crippen LogP contribution in [-0.2, 0) is 0 Å². The lowest BCUT2D eigenvalue weighted by Gasteiger charge is -2.42. The molecule has 0 saturated carbocycles. The quantitative estimate of drug-likeness (QED) is 0.793. The Morgan fingerprint density at radius 2 is 1.71 bits per heavy atom. The van der Waals surface area contributed by atoms with E-state index in [0.717, 1.165) is 25.9 Å². The number of nitrogens with one attached hydrogen (secondary N) is 1. The van der Waals surface area contributed by atoms with Gasteiger partial charge in [0.2, 0.25) is 0 Å². The van der Waals surface area contributed by atoms with Crippen molar-refractivity contribution in [3.05, 3.63) is 0 Å². The number of piperazine rings is 1. The molecule has 8 heteroatoms. The highest BCUT2D eigenvalue weighted by molar-refractivity contribution is 5.76. The maximum absolute atomic E-state index is 12.7. The summed E-state index contributed by atoms with van der Waals surface area (Å²) in [5.74, 6) is -1.36. The number of amides is 2. The molecule has 3 rings (SSSR count). The molecular weight excluding hydrogens is 285 g/mol. The molecule has 0 aromatic rings. The van der Waals surface area contributed by atoms with E-state index in [1.807, 2.05) is 11.9 Å². The van der Waals surface area contributed by atoms with Crippen molar-refractivity contribution >= 4 is 6.03 Å². The fourth-order valence-corrected chi connectivity index (χ4v) is 3.76. The van der Waals surface area contributed by atoms with Gasteiger partial charge in [0.05, 0.1) is 5.92 Å². The number of halogens is 3. The summed E-state index contributed by atoms with van der Waals surface area (Å²) in [5.41, 5.74) is 3.09. The molecule has 3 unspecified atom stereocenters. The number of nitrogens with zero attached hydrogens (tertiary/aromatic N) is 3. The first-order valence-corrected chi connectivity index (χ1v) is 7.46. The van der Waals surface area contributed by atoms with Gasteiger partial charge in [0, 0.05) is 38.3 Å². The minimum absolute atomic E-state index is 0.0288. The number of carbonyl (C=O) groups excluding carboxylic acids is 1. The Hall–Kier alpha value is -1.02. The van der Waals surface area contributed by atoms with E-state index >= 15 is 0 Å². The molecule has 1 N–H and O–H groups in total. The molecule has 3 aliphatic rings. The molecule has 120 valence electrons. The zero-order chi connectivity index (χ0) is 15.2. The molecule has 0 radical (unpaired) electrons. The first-order valence-electron chi connectivity index (χ1n) is 7.46. The van der Waals surface area contributed by atoms with Crippen LogP contribution in [0.4, 0.5) is 18.0 Å². The van der Waals surface area contributed by atoms with Crippen molar-refractivity contribution in [2.45, 2.75) is 37.5 Å². The zero-order valence-corrected chi connectivity index (χ0v) is 12.1. The van der Waals surface area contributed by atoms with Gasteiger partial charge in [0.15, 0.2) is 0 Å². The van der Waals surface area contributed by atoms with Gasteiger partial charge < -0.3 is 9.80 Å². The Kier molecular flexibility index (Phi) is 3.77. The zero-order valence-electron chi connectivity index (χ0n) is 12.1. The minimum Gasteiger partial charge on any atom is -0.324 e. The van der Waals surface area contributed by atoms with E-state index in [1.165, 1.54) is 4.90 Å². The number of hydrogen-bond donors (Lipinski definition) is 1. The summed E-state index contributed by atoms with van der Waals surface area (Å²) in [6.45, 7) is 1.52. The van der Waals surface area contributed by atoms with Crippen molar-refractivity contribution in [3.8, 4) is 0 Å². The summed E-state index contributed by atoms with van der Waals surface area (Å²) in [4.78, 5) is 15.8. The fraction of sp³-hybridized carbons (Fsp3) is 0.923. The predicted molar refractivity (Wildman–Crippen MR) is 70.4 cm³/mol.